The summed E-state index contributed by atoms with van der Waals surface area (Å²) in [4.78, 5) is 32.7. The summed E-state index contributed by atoms with van der Waals surface area (Å²) in [6.07, 6.45) is 5.40. The van der Waals surface area contributed by atoms with E-state index in [4.69, 9.17) is 16.7 Å². The average Bonchev–Trinajstić information content (AvgIpc) is 3.29. The van der Waals surface area contributed by atoms with Crippen LogP contribution in [0.3, 0.4) is 0 Å². The lowest BCUT2D eigenvalue weighted by Crippen LogP contribution is -2.61. The van der Waals surface area contributed by atoms with Crippen LogP contribution in [0.15, 0.2) is 79.1 Å². The van der Waals surface area contributed by atoms with Gasteiger partial charge in [-0.3, -0.25) is 14.5 Å². The van der Waals surface area contributed by atoms with Gasteiger partial charge < -0.3 is 5.32 Å². The van der Waals surface area contributed by atoms with Gasteiger partial charge in [-0.25, -0.2) is 9.69 Å². The van der Waals surface area contributed by atoms with Gasteiger partial charge in [-0.2, -0.15) is 5.10 Å². The first kappa shape index (κ1) is 23.9. The summed E-state index contributed by atoms with van der Waals surface area (Å²) in [5.74, 6) is -0.399. The number of aromatic nitrogens is 3. The standard InChI is InChI=1S/C31H26ClN5O2/c1-36-26-12-5-4-9-22(26)29(35-36)23-10-6-11-24(32)28(23)18-13-14-21-25(15-18)34-31(39)37(30(21)38)27-17-33-16-19-7-2-3-8-20(19)27/h2-12,16-18,21,25H,13-15H2,1H3,(H,34,39). The van der Waals surface area contributed by atoms with Gasteiger partial charge in [0.2, 0.25) is 5.91 Å². The minimum Gasteiger partial charge on any atom is -0.334 e. The number of hydrogen-bond donors (Lipinski definition) is 1. The second-order valence-corrected chi connectivity index (χ2v) is 10.8. The lowest BCUT2D eigenvalue weighted by molar-refractivity contribution is -0.124. The molecule has 3 heterocycles. The summed E-state index contributed by atoms with van der Waals surface area (Å²) < 4.78 is 1.89. The summed E-state index contributed by atoms with van der Waals surface area (Å²) in [5, 5.41) is 11.5. The van der Waals surface area contributed by atoms with Crippen LogP contribution in [0, 0.1) is 5.92 Å². The molecule has 0 spiro atoms. The number of halogens is 1. The van der Waals surface area contributed by atoms with Crippen molar-refractivity contribution in [2.24, 2.45) is 13.0 Å². The van der Waals surface area contributed by atoms with Gasteiger partial charge in [-0.1, -0.05) is 66.2 Å². The Morgan fingerprint density at radius 3 is 2.59 bits per heavy atom. The number of benzene rings is 3. The maximum atomic E-state index is 13.8. The predicted molar refractivity (Wildman–Crippen MR) is 153 cm³/mol. The largest absolute Gasteiger partial charge is 0.334 e. The molecular formula is C31H26ClN5O2. The van der Waals surface area contributed by atoms with E-state index in [1.807, 2.05) is 60.3 Å². The molecule has 7 nitrogen and oxygen atoms in total. The first-order valence-corrected chi connectivity index (χ1v) is 13.6. The van der Waals surface area contributed by atoms with Crippen molar-refractivity contribution in [3.63, 3.8) is 0 Å². The third-order valence-electron chi connectivity index (χ3n) is 8.26. The van der Waals surface area contributed by atoms with E-state index in [0.29, 0.717) is 23.6 Å². The topological polar surface area (TPSA) is 80.1 Å². The monoisotopic (exact) mass is 535 g/mol. The van der Waals surface area contributed by atoms with Gasteiger partial charge in [-0.05, 0) is 42.9 Å². The minimum atomic E-state index is -0.407. The minimum absolute atomic E-state index is 0.0783. The zero-order valence-corrected chi connectivity index (χ0v) is 22.1. The molecule has 1 saturated carbocycles. The number of hydrogen-bond acceptors (Lipinski definition) is 4. The van der Waals surface area contributed by atoms with Crippen molar-refractivity contribution in [1.29, 1.82) is 0 Å². The summed E-state index contributed by atoms with van der Waals surface area (Å²) in [7, 11) is 1.95. The van der Waals surface area contributed by atoms with E-state index in [1.165, 1.54) is 4.90 Å². The molecule has 7 rings (SSSR count). The maximum Gasteiger partial charge on any atom is 0.329 e. The van der Waals surface area contributed by atoms with Crippen LogP contribution in [0.25, 0.3) is 32.9 Å². The number of carbonyl (C=O) groups excluding carboxylic acids is 2. The number of amides is 3. The lowest BCUT2D eigenvalue weighted by atomic mass is 9.73. The Bertz CT molecular complexity index is 1770. The van der Waals surface area contributed by atoms with Gasteiger partial charge in [0, 0.05) is 46.0 Å². The summed E-state index contributed by atoms with van der Waals surface area (Å²) in [5.41, 5.74) is 4.50. The molecule has 0 radical (unpaired) electrons. The Morgan fingerprint density at radius 2 is 1.72 bits per heavy atom. The molecule has 2 aromatic heterocycles. The van der Waals surface area contributed by atoms with Crippen molar-refractivity contribution in [3.05, 3.63) is 89.7 Å². The molecule has 3 atom stereocenters. The normalized spacial score (nSPS) is 21.3. The van der Waals surface area contributed by atoms with Crippen molar-refractivity contribution in [2.75, 3.05) is 4.90 Å². The van der Waals surface area contributed by atoms with Crippen molar-refractivity contribution in [2.45, 2.75) is 31.2 Å². The molecule has 194 valence electrons. The van der Waals surface area contributed by atoms with E-state index in [1.54, 1.807) is 12.4 Å². The second-order valence-electron chi connectivity index (χ2n) is 10.4. The highest BCUT2D eigenvalue weighted by Crippen LogP contribution is 2.46. The molecule has 2 aliphatic rings. The highest BCUT2D eigenvalue weighted by molar-refractivity contribution is 6.32. The molecule has 2 fully saturated rings. The quantitative estimate of drug-likeness (QED) is 0.288. The molecule has 1 aliphatic carbocycles. The molecule has 39 heavy (non-hydrogen) atoms. The first-order valence-electron chi connectivity index (χ1n) is 13.2. The smallest absolute Gasteiger partial charge is 0.329 e. The number of rotatable bonds is 3. The van der Waals surface area contributed by atoms with Crippen molar-refractivity contribution in [1.82, 2.24) is 20.1 Å². The van der Waals surface area contributed by atoms with Gasteiger partial charge >= 0.3 is 6.03 Å². The zero-order valence-electron chi connectivity index (χ0n) is 21.3. The number of anilines is 1. The van der Waals surface area contributed by atoms with Crippen LogP contribution in [0.1, 0.15) is 30.7 Å². The molecule has 5 aromatic rings. The lowest BCUT2D eigenvalue weighted by Gasteiger charge is -2.42. The molecule has 1 aliphatic heterocycles. The van der Waals surface area contributed by atoms with Crippen LogP contribution in [0.2, 0.25) is 5.02 Å². The van der Waals surface area contributed by atoms with Crippen LogP contribution in [0.4, 0.5) is 10.5 Å². The predicted octanol–water partition coefficient (Wildman–Crippen LogP) is 6.45. The summed E-state index contributed by atoms with van der Waals surface area (Å²) in [6, 6.07) is 21.1. The highest BCUT2D eigenvalue weighted by Gasteiger charge is 2.46. The Balaban J connectivity index is 1.22. The van der Waals surface area contributed by atoms with Crippen LogP contribution < -0.4 is 10.2 Å². The van der Waals surface area contributed by atoms with Crippen molar-refractivity contribution in [3.8, 4) is 11.3 Å². The third-order valence-corrected chi connectivity index (χ3v) is 8.59. The Morgan fingerprint density at radius 1 is 0.923 bits per heavy atom. The number of aryl methyl sites for hydroxylation is 1. The molecule has 1 N–H and O–H groups in total. The number of nitrogens with zero attached hydrogens (tertiary/aromatic N) is 4. The molecule has 1 saturated heterocycles. The van der Waals surface area contributed by atoms with Gasteiger partial charge in [-0.15, -0.1) is 0 Å². The SMILES string of the molecule is Cn1nc(-c2cccc(Cl)c2C2CCC3C(=O)N(c4cncc5ccccc45)C(=O)NC3C2)c2ccccc21. The van der Waals surface area contributed by atoms with E-state index in [0.717, 1.165) is 44.9 Å². The first-order chi connectivity index (χ1) is 19.0. The average molecular weight is 536 g/mol. The van der Waals surface area contributed by atoms with Crippen molar-refractivity contribution >= 4 is 50.9 Å². The number of fused-ring (bicyclic) bond motifs is 3. The second kappa shape index (κ2) is 9.20. The number of para-hydroxylation sites is 1. The van der Waals surface area contributed by atoms with E-state index in [2.05, 4.69) is 28.5 Å². The maximum absolute atomic E-state index is 13.8. The number of pyridine rings is 1. The van der Waals surface area contributed by atoms with Gasteiger partial charge in [0.25, 0.3) is 0 Å². The van der Waals surface area contributed by atoms with E-state index >= 15 is 0 Å². The summed E-state index contributed by atoms with van der Waals surface area (Å²) in [6.45, 7) is 0. The fourth-order valence-electron chi connectivity index (χ4n) is 6.45. The number of urea groups is 1. The van der Waals surface area contributed by atoms with Gasteiger partial charge in [0.15, 0.2) is 0 Å². The molecule has 3 aromatic carbocycles. The Hall–Kier alpha value is -4.23. The van der Waals surface area contributed by atoms with Crippen LogP contribution in [-0.4, -0.2) is 32.7 Å². The highest BCUT2D eigenvalue weighted by atomic mass is 35.5. The van der Waals surface area contributed by atoms with E-state index in [-0.39, 0.29) is 23.8 Å². The van der Waals surface area contributed by atoms with Crippen LogP contribution in [0.5, 0.6) is 0 Å². The molecule has 3 unspecified atom stereocenters. The Labute approximate surface area is 230 Å². The fourth-order valence-corrected chi connectivity index (χ4v) is 6.78. The van der Waals surface area contributed by atoms with Crippen LogP contribution >= 0.6 is 11.6 Å². The molecule has 8 heteroatoms. The van der Waals surface area contributed by atoms with E-state index < -0.39 is 6.03 Å². The number of nitrogens with one attached hydrogen (secondary N) is 1. The Kier molecular flexibility index (Phi) is 5.63. The third kappa shape index (κ3) is 3.80. The van der Waals surface area contributed by atoms with Gasteiger partial charge in [0.05, 0.1) is 23.3 Å². The molecular weight excluding hydrogens is 510 g/mol. The van der Waals surface area contributed by atoms with Crippen LogP contribution in [-0.2, 0) is 11.8 Å². The molecule has 0 bridgehead atoms. The summed E-state index contributed by atoms with van der Waals surface area (Å²) >= 11 is 6.86. The zero-order chi connectivity index (χ0) is 26.7. The van der Waals surface area contributed by atoms with Gasteiger partial charge in [0.1, 0.15) is 5.69 Å². The van der Waals surface area contributed by atoms with E-state index in [9.17, 15) is 9.59 Å². The molecule has 3 amide bonds. The fraction of sp³-hybridized carbons (Fsp3) is 0.226. The van der Waals surface area contributed by atoms with Crippen molar-refractivity contribution < 1.29 is 9.59 Å². The number of carbonyl (C=O) groups is 2. The number of imide groups is 1.